The number of carboxylic acids is 1. The molecular weight excluding hydrogens is 352 g/mol. The molecule has 1 aromatic carbocycles. The van der Waals surface area contributed by atoms with E-state index in [4.69, 9.17) is 14.7 Å². The van der Waals surface area contributed by atoms with E-state index in [1.165, 1.54) is 19.3 Å². The van der Waals surface area contributed by atoms with Gasteiger partial charge < -0.3 is 14.7 Å². The molecule has 0 spiro atoms. The first-order chi connectivity index (χ1) is 12.7. The normalized spacial score (nSPS) is 16.5. The molecule has 0 amide bonds. The van der Waals surface area contributed by atoms with Gasteiger partial charge in [0, 0.05) is 11.3 Å². The maximum Gasteiger partial charge on any atom is 0.350 e. The van der Waals surface area contributed by atoms with Gasteiger partial charge in [0.2, 0.25) is 0 Å². The van der Waals surface area contributed by atoms with Crippen LogP contribution >= 0.6 is 11.3 Å². The second-order valence-corrected chi connectivity index (χ2v) is 7.05. The summed E-state index contributed by atoms with van der Waals surface area (Å²) in [6.07, 6.45) is 6.26. The Morgan fingerprint density at radius 3 is 2.73 bits per heavy atom. The van der Waals surface area contributed by atoms with Gasteiger partial charge in [0.15, 0.2) is 12.3 Å². The van der Waals surface area contributed by atoms with Gasteiger partial charge in [0.1, 0.15) is 12.4 Å². The lowest BCUT2D eigenvalue weighted by molar-refractivity contribution is -0.129. The van der Waals surface area contributed by atoms with Gasteiger partial charge in [-0.15, -0.1) is 11.3 Å². The number of hydrogen-bond acceptors (Lipinski definition) is 6. The summed E-state index contributed by atoms with van der Waals surface area (Å²) in [5, 5.41) is 14.3. The third kappa shape index (κ3) is 5.29. The Hall–Kier alpha value is -2.41. The van der Waals surface area contributed by atoms with E-state index in [9.17, 15) is 4.79 Å². The van der Waals surface area contributed by atoms with Crippen LogP contribution in [-0.4, -0.2) is 22.3 Å². The molecule has 138 valence electrons. The Bertz CT molecular complexity index is 710. The number of aliphatic carboxylic acids is 1. The van der Waals surface area contributed by atoms with Crippen molar-refractivity contribution >= 4 is 23.5 Å². The highest BCUT2D eigenvalue weighted by atomic mass is 32.1. The van der Waals surface area contributed by atoms with Crippen LogP contribution in [0, 0.1) is 5.92 Å². The van der Waals surface area contributed by atoms with Gasteiger partial charge in [-0.1, -0.05) is 36.6 Å². The summed E-state index contributed by atoms with van der Waals surface area (Å²) in [5.74, 6) is -0.00664. The zero-order valence-corrected chi connectivity index (χ0v) is 15.2. The Balaban J connectivity index is 1.67. The minimum atomic E-state index is -1.11. The number of nitrogens with zero attached hydrogens (tertiary/aromatic N) is 2. The molecule has 2 aromatic rings. The van der Waals surface area contributed by atoms with Crippen molar-refractivity contribution in [2.45, 2.75) is 44.8 Å². The molecule has 0 bridgehead atoms. The molecule has 1 N–H and O–H groups in total. The van der Waals surface area contributed by atoms with E-state index >= 15 is 0 Å². The summed E-state index contributed by atoms with van der Waals surface area (Å²) in [7, 11) is 0. The average molecular weight is 374 g/mol. The number of benzene rings is 1. The van der Waals surface area contributed by atoms with E-state index < -0.39 is 5.97 Å². The second-order valence-electron chi connectivity index (χ2n) is 6.33. The summed E-state index contributed by atoms with van der Waals surface area (Å²) in [6.45, 7) is 0.439. The van der Waals surface area contributed by atoms with Crippen molar-refractivity contribution in [1.82, 2.24) is 4.98 Å². The maximum atomic E-state index is 10.7. The summed E-state index contributed by atoms with van der Waals surface area (Å²) in [4.78, 5) is 20.4. The van der Waals surface area contributed by atoms with E-state index in [1.807, 2.05) is 29.6 Å². The smallest absolute Gasteiger partial charge is 0.350 e. The highest BCUT2D eigenvalue weighted by Gasteiger charge is 2.27. The number of carboxylic acid groups (broad SMARTS) is 1. The molecule has 1 heterocycles. The Labute approximate surface area is 156 Å². The fraction of sp³-hybridized carbons (Fsp3) is 0.421. The largest absolute Gasteiger partial charge is 0.487 e. The second kappa shape index (κ2) is 9.33. The minimum Gasteiger partial charge on any atom is -0.487 e. The number of oxime groups is 1. The van der Waals surface area contributed by atoms with Crippen LogP contribution in [0.2, 0.25) is 0 Å². The Morgan fingerprint density at radius 1 is 1.31 bits per heavy atom. The lowest BCUT2D eigenvalue weighted by atomic mass is 9.83. The summed E-state index contributed by atoms with van der Waals surface area (Å²) < 4.78 is 5.74. The molecule has 1 aliphatic rings. The molecule has 1 unspecified atom stereocenters. The van der Waals surface area contributed by atoms with Gasteiger partial charge in [0.25, 0.3) is 0 Å². The standard InChI is InChI=1S/C19H22N2O4S/c22-18(23)10-21-25-19(14-4-2-1-3-5-14)15-6-8-17(9-7-15)24-11-16-12-26-13-20-16/h6-10,12-14,19H,1-5,11H2,(H,22,23)/b21-10+. The number of thiazole rings is 1. The quantitative estimate of drug-likeness (QED) is 0.546. The van der Waals surface area contributed by atoms with E-state index in [0.29, 0.717) is 12.5 Å². The van der Waals surface area contributed by atoms with Crippen LogP contribution in [0.15, 0.2) is 40.3 Å². The monoisotopic (exact) mass is 374 g/mol. The molecule has 6 nitrogen and oxygen atoms in total. The zero-order chi connectivity index (χ0) is 18.2. The number of carbonyl (C=O) groups is 1. The highest BCUT2D eigenvalue weighted by molar-refractivity contribution is 7.07. The van der Waals surface area contributed by atoms with Crippen molar-refractivity contribution in [2.24, 2.45) is 11.1 Å². The fourth-order valence-electron chi connectivity index (χ4n) is 3.22. The van der Waals surface area contributed by atoms with Gasteiger partial charge in [-0.2, -0.15) is 0 Å². The zero-order valence-electron chi connectivity index (χ0n) is 14.4. The number of hydrogen-bond donors (Lipinski definition) is 1. The Morgan fingerprint density at radius 2 is 2.08 bits per heavy atom. The predicted octanol–water partition coefficient (Wildman–Crippen LogP) is 4.43. The lowest BCUT2D eigenvalue weighted by Gasteiger charge is -2.28. The van der Waals surface area contributed by atoms with Crippen molar-refractivity contribution in [1.29, 1.82) is 0 Å². The maximum absolute atomic E-state index is 10.7. The molecule has 0 radical (unpaired) electrons. The molecule has 1 saturated carbocycles. The topological polar surface area (TPSA) is 81.0 Å². The lowest BCUT2D eigenvalue weighted by Crippen LogP contribution is -2.18. The van der Waals surface area contributed by atoms with Gasteiger partial charge in [0.05, 0.1) is 11.2 Å². The fourth-order valence-corrected chi connectivity index (χ4v) is 3.76. The molecule has 3 rings (SSSR count). The van der Waals surface area contributed by atoms with E-state index in [2.05, 4.69) is 10.1 Å². The SMILES string of the molecule is O=C(O)/C=N/OC(c1ccc(OCc2cscn2)cc1)C1CCCCC1. The molecule has 7 heteroatoms. The van der Waals surface area contributed by atoms with Gasteiger partial charge in [-0.25, -0.2) is 9.78 Å². The van der Waals surface area contributed by atoms with Crippen molar-refractivity contribution in [3.8, 4) is 5.75 Å². The van der Waals surface area contributed by atoms with Gasteiger partial charge >= 0.3 is 5.97 Å². The van der Waals surface area contributed by atoms with Crippen LogP contribution in [0.5, 0.6) is 5.75 Å². The van der Waals surface area contributed by atoms with Crippen molar-refractivity contribution in [3.63, 3.8) is 0 Å². The molecule has 0 aliphatic heterocycles. The Kier molecular flexibility index (Phi) is 6.60. The van der Waals surface area contributed by atoms with Crippen LogP contribution < -0.4 is 4.74 Å². The minimum absolute atomic E-state index is 0.238. The van der Waals surface area contributed by atoms with Crippen LogP contribution in [-0.2, 0) is 16.2 Å². The number of ether oxygens (including phenoxy) is 1. The summed E-state index contributed by atoms with van der Waals surface area (Å²) in [5.41, 5.74) is 3.68. The highest BCUT2D eigenvalue weighted by Crippen LogP contribution is 2.37. The molecule has 26 heavy (non-hydrogen) atoms. The first-order valence-corrected chi connectivity index (χ1v) is 9.68. The van der Waals surface area contributed by atoms with Gasteiger partial charge in [-0.3, -0.25) is 0 Å². The molecule has 1 aliphatic carbocycles. The molecule has 1 aromatic heterocycles. The number of rotatable bonds is 8. The van der Waals surface area contributed by atoms with Crippen LogP contribution in [0.3, 0.4) is 0 Å². The molecule has 0 saturated heterocycles. The molecule has 1 atom stereocenters. The third-order valence-corrected chi connectivity index (χ3v) is 5.13. The van der Waals surface area contributed by atoms with Crippen LogP contribution in [0.1, 0.15) is 49.5 Å². The summed E-state index contributed by atoms with van der Waals surface area (Å²) in [6, 6.07) is 7.74. The molecule has 1 fully saturated rings. The summed E-state index contributed by atoms with van der Waals surface area (Å²) >= 11 is 1.54. The van der Waals surface area contributed by atoms with Gasteiger partial charge in [-0.05, 0) is 30.5 Å². The number of aromatic nitrogens is 1. The van der Waals surface area contributed by atoms with Crippen molar-refractivity contribution in [2.75, 3.05) is 0 Å². The van der Waals surface area contributed by atoms with E-state index in [-0.39, 0.29) is 6.10 Å². The predicted molar refractivity (Wildman–Crippen MR) is 99.4 cm³/mol. The average Bonchev–Trinajstić information content (AvgIpc) is 3.18. The van der Waals surface area contributed by atoms with Crippen molar-refractivity contribution < 1.29 is 19.5 Å². The van der Waals surface area contributed by atoms with Crippen molar-refractivity contribution in [3.05, 3.63) is 46.4 Å². The third-order valence-electron chi connectivity index (χ3n) is 4.49. The van der Waals surface area contributed by atoms with E-state index in [0.717, 1.165) is 36.1 Å². The first-order valence-electron chi connectivity index (χ1n) is 8.74. The molecular formula is C19H22N2O4S. The first kappa shape index (κ1) is 18.4. The van der Waals surface area contributed by atoms with E-state index in [1.54, 1.807) is 16.8 Å². The van der Waals surface area contributed by atoms with Crippen LogP contribution in [0.25, 0.3) is 0 Å². The van der Waals surface area contributed by atoms with Crippen LogP contribution in [0.4, 0.5) is 0 Å².